The normalized spacial score (nSPS) is 10.6. The zero-order valence-electron chi connectivity index (χ0n) is 16.3. The maximum Gasteiger partial charge on any atom is 0.338 e. The Labute approximate surface area is 173 Å². The number of rotatable bonds is 5. The molecule has 6 nitrogen and oxygen atoms in total. The monoisotopic (exact) mass is 397 g/mol. The van der Waals surface area contributed by atoms with Gasteiger partial charge >= 0.3 is 5.97 Å². The van der Waals surface area contributed by atoms with Gasteiger partial charge in [0.05, 0.1) is 34.6 Å². The Balaban J connectivity index is 1.66. The first kappa shape index (κ1) is 19.3. The highest BCUT2D eigenvalue weighted by Crippen LogP contribution is 2.24. The van der Waals surface area contributed by atoms with Crippen LogP contribution < -0.4 is 5.32 Å². The van der Waals surface area contributed by atoms with Crippen molar-refractivity contribution in [2.45, 2.75) is 6.92 Å². The number of carbonyl (C=O) groups is 2. The average molecular weight is 397 g/mol. The van der Waals surface area contributed by atoms with Gasteiger partial charge in [-0.1, -0.05) is 24.3 Å². The van der Waals surface area contributed by atoms with Crippen LogP contribution in [-0.4, -0.2) is 28.5 Å². The van der Waals surface area contributed by atoms with Crippen LogP contribution in [0.3, 0.4) is 0 Å². The summed E-state index contributed by atoms with van der Waals surface area (Å²) in [4.78, 5) is 33.9. The second kappa shape index (κ2) is 8.53. The minimum Gasteiger partial charge on any atom is -0.462 e. The Morgan fingerprint density at radius 1 is 0.933 bits per heavy atom. The third-order valence-electron chi connectivity index (χ3n) is 4.54. The summed E-state index contributed by atoms with van der Waals surface area (Å²) in [6.07, 6.45) is 1.69. The lowest BCUT2D eigenvalue weighted by atomic mass is 10.1. The van der Waals surface area contributed by atoms with Gasteiger partial charge < -0.3 is 10.1 Å². The molecule has 4 rings (SSSR count). The number of aromatic nitrogens is 2. The van der Waals surface area contributed by atoms with Crippen molar-refractivity contribution in [3.05, 3.63) is 90.1 Å². The summed E-state index contributed by atoms with van der Waals surface area (Å²) >= 11 is 0. The van der Waals surface area contributed by atoms with E-state index in [4.69, 9.17) is 4.74 Å². The molecule has 0 radical (unpaired) electrons. The smallest absolute Gasteiger partial charge is 0.338 e. The molecule has 2 aromatic carbocycles. The van der Waals surface area contributed by atoms with E-state index >= 15 is 0 Å². The largest absolute Gasteiger partial charge is 0.462 e. The number of nitrogens with zero attached hydrogens (tertiary/aromatic N) is 2. The first-order valence-corrected chi connectivity index (χ1v) is 9.55. The summed E-state index contributed by atoms with van der Waals surface area (Å²) < 4.78 is 4.98. The lowest BCUT2D eigenvalue weighted by Gasteiger charge is -2.11. The molecule has 0 aliphatic rings. The molecule has 0 fully saturated rings. The summed E-state index contributed by atoms with van der Waals surface area (Å²) in [7, 11) is 0. The van der Waals surface area contributed by atoms with Gasteiger partial charge in [-0.05, 0) is 55.5 Å². The number of nitrogens with one attached hydrogen (secondary N) is 1. The molecular weight excluding hydrogens is 378 g/mol. The van der Waals surface area contributed by atoms with Gasteiger partial charge in [0.1, 0.15) is 0 Å². The molecule has 0 atom stereocenters. The number of para-hydroxylation sites is 1. The minimum absolute atomic E-state index is 0.269. The van der Waals surface area contributed by atoms with Crippen LogP contribution >= 0.6 is 0 Å². The number of anilines is 1. The Morgan fingerprint density at radius 3 is 2.43 bits per heavy atom. The van der Waals surface area contributed by atoms with Gasteiger partial charge in [-0.3, -0.25) is 9.78 Å². The van der Waals surface area contributed by atoms with Crippen molar-refractivity contribution in [1.82, 2.24) is 9.97 Å². The van der Waals surface area contributed by atoms with Gasteiger partial charge in [-0.15, -0.1) is 0 Å². The van der Waals surface area contributed by atoms with Crippen LogP contribution in [0.25, 0.3) is 22.3 Å². The van der Waals surface area contributed by atoms with E-state index in [0.717, 1.165) is 5.39 Å². The number of carbonyl (C=O) groups excluding carboxylic acids is 2. The third-order valence-corrected chi connectivity index (χ3v) is 4.54. The summed E-state index contributed by atoms with van der Waals surface area (Å²) in [6, 6.07) is 21.4. The number of esters is 1. The molecular formula is C24H19N3O3. The van der Waals surface area contributed by atoms with Crippen molar-refractivity contribution in [2.75, 3.05) is 11.9 Å². The molecule has 30 heavy (non-hydrogen) atoms. The van der Waals surface area contributed by atoms with E-state index in [-0.39, 0.29) is 5.91 Å². The molecule has 2 heterocycles. The van der Waals surface area contributed by atoms with E-state index < -0.39 is 5.97 Å². The Hall–Kier alpha value is -4.06. The van der Waals surface area contributed by atoms with Crippen LogP contribution in [0.2, 0.25) is 0 Å². The van der Waals surface area contributed by atoms with Crippen LogP contribution in [0.5, 0.6) is 0 Å². The molecule has 0 aliphatic carbocycles. The van der Waals surface area contributed by atoms with E-state index in [2.05, 4.69) is 15.3 Å². The molecule has 0 bridgehead atoms. The van der Waals surface area contributed by atoms with Gasteiger partial charge in [-0.2, -0.15) is 0 Å². The molecule has 1 amide bonds. The Bertz CT molecular complexity index is 1210. The predicted molar refractivity (Wildman–Crippen MR) is 115 cm³/mol. The summed E-state index contributed by atoms with van der Waals surface area (Å²) in [6.45, 7) is 2.07. The molecule has 0 saturated carbocycles. The van der Waals surface area contributed by atoms with Gasteiger partial charge in [0.25, 0.3) is 5.91 Å². The van der Waals surface area contributed by atoms with Gasteiger partial charge in [0.2, 0.25) is 0 Å². The highest BCUT2D eigenvalue weighted by atomic mass is 16.5. The number of hydrogen-bond acceptors (Lipinski definition) is 5. The zero-order chi connectivity index (χ0) is 20.9. The lowest BCUT2D eigenvalue weighted by molar-refractivity contribution is 0.0526. The van der Waals surface area contributed by atoms with E-state index in [0.29, 0.717) is 40.3 Å². The van der Waals surface area contributed by atoms with Gasteiger partial charge in [0.15, 0.2) is 0 Å². The van der Waals surface area contributed by atoms with Crippen molar-refractivity contribution in [2.24, 2.45) is 0 Å². The average Bonchev–Trinajstić information content (AvgIpc) is 2.79. The first-order valence-electron chi connectivity index (χ1n) is 9.55. The summed E-state index contributed by atoms with van der Waals surface area (Å²) in [5.41, 5.74) is 3.53. The van der Waals surface area contributed by atoms with Crippen LogP contribution in [-0.2, 0) is 4.74 Å². The molecule has 1 N–H and O–H groups in total. The Morgan fingerprint density at radius 2 is 1.70 bits per heavy atom. The van der Waals surface area contributed by atoms with Crippen molar-refractivity contribution < 1.29 is 14.3 Å². The fourth-order valence-corrected chi connectivity index (χ4v) is 3.11. The van der Waals surface area contributed by atoms with Crippen LogP contribution in [0.1, 0.15) is 27.6 Å². The maximum atomic E-state index is 13.1. The highest BCUT2D eigenvalue weighted by molar-refractivity contribution is 6.13. The molecule has 4 aromatic rings. The molecule has 0 spiro atoms. The second-order valence-electron chi connectivity index (χ2n) is 6.54. The van der Waals surface area contributed by atoms with Crippen LogP contribution in [0.4, 0.5) is 5.69 Å². The molecule has 2 aromatic heterocycles. The van der Waals surface area contributed by atoms with E-state index in [1.54, 1.807) is 43.5 Å². The quantitative estimate of drug-likeness (QED) is 0.493. The number of amides is 1. The van der Waals surface area contributed by atoms with Crippen LogP contribution in [0, 0.1) is 0 Å². The standard InChI is InChI=1S/C24H19N3O3/c1-2-30-24(29)16-10-12-17(13-11-16)26-23(28)19-15-22(21-9-5-6-14-25-21)27-20-8-4-3-7-18(19)20/h3-15H,2H2,1H3,(H,26,28). The Kier molecular flexibility index (Phi) is 5.48. The van der Waals surface area contributed by atoms with Crippen molar-refractivity contribution in [3.8, 4) is 11.4 Å². The second-order valence-corrected chi connectivity index (χ2v) is 6.54. The zero-order valence-corrected chi connectivity index (χ0v) is 16.3. The van der Waals surface area contributed by atoms with E-state index in [9.17, 15) is 9.59 Å². The SMILES string of the molecule is CCOC(=O)c1ccc(NC(=O)c2cc(-c3ccccn3)nc3ccccc23)cc1. The maximum absolute atomic E-state index is 13.1. The highest BCUT2D eigenvalue weighted by Gasteiger charge is 2.15. The number of ether oxygens (including phenoxy) is 1. The van der Waals surface area contributed by atoms with Gasteiger partial charge in [0, 0.05) is 17.3 Å². The third kappa shape index (κ3) is 4.03. The molecule has 148 valence electrons. The predicted octanol–water partition coefficient (Wildman–Crippen LogP) is 4.73. The molecule has 0 unspecified atom stereocenters. The van der Waals surface area contributed by atoms with Gasteiger partial charge in [-0.25, -0.2) is 9.78 Å². The first-order chi connectivity index (χ1) is 14.7. The van der Waals surface area contributed by atoms with Crippen LogP contribution in [0.15, 0.2) is 79.0 Å². The number of pyridine rings is 2. The number of fused-ring (bicyclic) bond motifs is 1. The molecule has 0 aliphatic heterocycles. The fraction of sp³-hybridized carbons (Fsp3) is 0.0833. The van der Waals surface area contributed by atoms with E-state index in [1.807, 2.05) is 42.5 Å². The van der Waals surface area contributed by atoms with Crippen molar-refractivity contribution >= 4 is 28.5 Å². The topological polar surface area (TPSA) is 81.2 Å². The van der Waals surface area contributed by atoms with E-state index in [1.165, 1.54) is 0 Å². The molecule has 0 saturated heterocycles. The summed E-state index contributed by atoms with van der Waals surface area (Å²) in [5.74, 6) is -0.662. The molecule has 6 heteroatoms. The van der Waals surface area contributed by atoms with Crippen molar-refractivity contribution in [3.63, 3.8) is 0 Å². The lowest BCUT2D eigenvalue weighted by Crippen LogP contribution is -2.13. The number of hydrogen-bond donors (Lipinski definition) is 1. The number of benzene rings is 2. The summed E-state index contributed by atoms with van der Waals surface area (Å²) in [5, 5.41) is 3.64. The van der Waals surface area contributed by atoms with Crippen molar-refractivity contribution in [1.29, 1.82) is 0 Å². The fourth-order valence-electron chi connectivity index (χ4n) is 3.11. The minimum atomic E-state index is -0.393.